The maximum Gasteiger partial charge on any atom is 0.315 e. The number of carbonyl (C=O) groups is 1. The van der Waals surface area contributed by atoms with Gasteiger partial charge in [0.1, 0.15) is 61.0 Å². The molecule has 0 bridgehead atoms. The van der Waals surface area contributed by atoms with E-state index in [1.165, 1.54) is 5.57 Å². The van der Waals surface area contributed by atoms with Crippen molar-refractivity contribution < 1.29 is 79.2 Å². The largest absolute Gasteiger partial charge is 0.432 e. The standard InChI is InChI=1S/C47H76O16/c1-22-30(50)33(53)35(55)38(59-22)63-41(57)47-17-15-42(2,3)19-24(47)23-9-10-28-44(6)13-12-29(43(4,5)27(44)11-14-46(28,8)45(23,7)16-18-47)61-40-37(31(51)25(49)21-58-40)62-39-36(56)34(54)32(52)26(20-48)60-39/h9,22,24-40,48-56H,10-21H2,1-8H3/t22-,24?,25+,26+,27?,28?,29-,30-,31-,32+,33+,34-,35+,36+,37+,38?,39?,40?,44-,45+,46+,47?/m0/s1. The fourth-order valence-corrected chi connectivity index (χ4v) is 14.7. The van der Waals surface area contributed by atoms with Gasteiger partial charge in [-0.15, -0.1) is 0 Å². The average molecular weight is 897 g/mol. The third-order valence-electron chi connectivity index (χ3n) is 18.9. The van der Waals surface area contributed by atoms with E-state index in [1.807, 2.05) is 0 Å². The fourth-order valence-electron chi connectivity index (χ4n) is 14.7. The van der Waals surface area contributed by atoms with Gasteiger partial charge < -0.3 is 74.4 Å². The first-order valence-corrected chi connectivity index (χ1v) is 23.6. The van der Waals surface area contributed by atoms with Crippen LogP contribution >= 0.6 is 0 Å². The van der Waals surface area contributed by atoms with E-state index >= 15 is 0 Å². The van der Waals surface area contributed by atoms with Crippen molar-refractivity contribution in [3.63, 3.8) is 0 Å². The van der Waals surface area contributed by atoms with Gasteiger partial charge >= 0.3 is 5.97 Å². The van der Waals surface area contributed by atoms with Crippen molar-refractivity contribution in [3.8, 4) is 0 Å². The Morgan fingerprint density at radius 1 is 0.714 bits per heavy atom. The summed E-state index contributed by atoms with van der Waals surface area (Å²) in [6.07, 6.45) is -9.56. The van der Waals surface area contributed by atoms with E-state index < -0.39 is 104 Å². The number of carbonyl (C=O) groups excluding carboxylic acids is 1. The van der Waals surface area contributed by atoms with Gasteiger partial charge in [0.2, 0.25) is 6.29 Å². The van der Waals surface area contributed by atoms with E-state index in [-0.39, 0.29) is 51.6 Å². The number of esters is 1. The van der Waals surface area contributed by atoms with E-state index in [9.17, 15) is 50.8 Å². The Hall–Kier alpha value is -1.35. The van der Waals surface area contributed by atoms with Crippen molar-refractivity contribution >= 4 is 5.97 Å². The SMILES string of the molecule is C[C@@H]1OC(OC(=O)C23CCC(C)(C)CC2C2=CCC4[C@@]5(C)CC[C@H](OC6OC[C@@H](O)[C@H](O)[C@H]6OC6O[C@H](CO)[C@@H](O)[C@H](O)[C@H]6O)C(C)(C)C5CC[C@@]4(C)[C@]2(C)CC3)[C@H](O)[C@H](O)[C@H]1O. The molecule has 0 aromatic heterocycles. The molecule has 3 heterocycles. The van der Waals surface area contributed by atoms with Crippen molar-refractivity contribution in [1.82, 2.24) is 0 Å². The summed E-state index contributed by atoms with van der Waals surface area (Å²) in [6, 6.07) is 0. The molecule has 9 N–H and O–H groups in total. The number of rotatable bonds is 7. The Balaban J connectivity index is 1.03. The number of allylic oxidation sites excluding steroid dienone is 2. The van der Waals surface area contributed by atoms with Crippen LogP contribution in [0.4, 0.5) is 0 Å². The maximum atomic E-state index is 14.6. The molecule has 3 aliphatic heterocycles. The minimum atomic E-state index is -1.72. The lowest BCUT2D eigenvalue weighted by Crippen LogP contribution is -2.66. The topological polar surface area (TPSA) is 255 Å². The average Bonchev–Trinajstić information content (AvgIpc) is 3.22. The summed E-state index contributed by atoms with van der Waals surface area (Å²) in [5.74, 6) is 0.0686. The Kier molecular flexibility index (Phi) is 12.8. The third kappa shape index (κ3) is 7.51. The van der Waals surface area contributed by atoms with Crippen LogP contribution in [0.5, 0.6) is 0 Å². The molecule has 16 heteroatoms. The van der Waals surface area contributed by atoms with Crippen LogP contribution < -0.4 is 0 Å². The van der Waals surface area contributed by atoms with Crippen LogP contribution in [-0.2, 0) is 33.2 Å². The van der Waals surface area contributed by atoms with Crippen molar-refractivity contribution in [2.24, 2.45) is 50.2 Å². The lowest BCUT2D eigenvalue weighted by Gasteiger charge is -2.71. The van der Waals surface area contributed by atoms with Crippen LogP contribution in [0.2, 0.25) is 0 Å². The quantitative estimate of drug-likeness (QED) is 0.100. The molecule has 0 amide bonds. The summed E-state index contributed by atoms with van der Waals surface area (Å²) in [7, 11) is 0. The van der Waals surface area contributed by atoms with Crippen LogP contribution in [0.25, 0.3) is 0 Å². The highest BCUT2D eigenvalue weighted by Crippen LogP contribution is 2.76. The van der Waals surface area contributed by atoms with Gasteiger partial charge in [0.05, 0.1) is 30.8 Å². The van der Waals surface area contributed by atoms with Gasteiger partial charge in [-0.1, -0.05) is 60.1 Å². The molecule has 63 heavy (non-hydrogen) atoms. The molecule has 8 aliphatic rings. The van der Waals surface area contributed by atoms with Gasteiger partial charge in [-0.3, -0.25) is 4.79 Å². The minimum Gasteiger partial charge on any atom is -0.432 e. The Morgan fingerprint density at radius 2 is 1.38 bits per heavy atom. The van der Waals surface area contributed by atoms with Crippen molar-refractivity contribution in [2.45, 2.75) is 212 Å². The summed E-state index contributed by atoms with van der Waals surface area (Å²) in [5, 5.41) is 94.7. The zero-order valence-electron chi connectivity index (χ0n) is 38.3. The molecular weight excluding hydrogens is 821 g/mol. The highest BCUT2D eigenvalue weighted by atomic mass is 16.8. The number of hydrogen-bond donors (Lipinski definition) is 9. The monoisotopic (exact) mass is 897 g/mol. The van der Waals surface area contributed by atoms with Crippen LogP contribution in [0.15, 0.2) is 11.6 Å². The molecule has 22 atom stereocenters. The van der Waals surface area contributed by atoms with Crippen molar-refractivity contribution in [3.05, 3.63) is 11.6 Å². The summed E-state index contributed by atoms with van der Waals surface area (Å²) < 4.78 is 36.2. The molecule has 3 saturated heterocycles. The summed E-state index contributed by atoms with van der Waals surface area (Å²) in [4.78, 5) is 14.6. The van der Waals surface area contributed by atoms with Gasteiger partial charge in [-0.05, 0) is 116 Å². The Morgan fingerprint density at radius 3 is 2.08 bits per heavy atom. The molecule has 0 aromatic carbocycles. The summed E-state index contributed by atoms with van der Waals surface area (Å²) >= 11 is 0. The zero-order chi connectivity index (χ0) is 46.0. The van der Waals surface area contributed by atoms with Gasteiger partial charge in [0, 0.05) is 0 Å². The second-order valence-corrected chi connectivity index (χ2v) is 23.0. The molecule has 8 rings (SSSR count). The van der Waals surface area contributed by atoms with Gasteiger partial charge in [0.25, 0.3) is 0 Å². The molecule has 16 nitrogen and oxygen atoms in total. The van der Waals surface area contributed by atoms with Crippen LogP contribution in [-0.4, -0.2) is 157 Å². The van der Waals surface area contributed by atoms with E-state index in [0.29, 0.717) is 25.2 Å². The number of hydrogen-bond acceptors (Lipinski definition) is 16. The fraction of sp³-hybridized carbons (Fsp3) is 0.936. The molecule has 0 spiro atoms. The van der Waals surface area contributed by atoms with Crippen molar-refractivity contribution in [1.29, 1.82) is 0 Å². The predicted molar refractivity (Wildman–Crippen MR) is 223 cm³/mol. The van der Waals surface area contributed by atoms with E-state index in [1.54, 1.807) is 6.92 Å². The molecular formula is C47H76O16. The molecule has 0 aromatic rings. The van der Waals surface area contributed by atoms with Gasteiger partial charge in [-0.2, -0.15) is 0 Å². The van der Waals surface area contributed by atoms with Crippen LogP contribution in [0, 0.1) is 50.2 Å². The second-order valence-electron chi connectivity index (χ2n) is 23.0. The lowest BCUT2D eigenvalue weighted by atomic mass is 9.33. The first-order valence-electron chi connectivity index (χ1n) is 23.6. The maximum absolute atomic E-state index is 14.6. The van der Waals surface area contributed by atoms with E-state index in [0.717, 1.165) is 44.9 Å². The minimum absolute atomic E-state index is 0.0118. The zero-order valence-corrected chi connectivity index (χ0v) is 38.3. The molecule has 360 valence electrons. The first kappa shape index (κ1) is 48.1. The summed E-state index contributed by atoms with van der Waals surface area (Å²) in [6.45, 7) is 17.1. The Bertz CT molecular complexity index is 1720. The number of aliphatic hydroxyl groups is 9. The third-order valence-corrected chi connectivity index (χ3v) is 18.9. The first-order chi connectivity index (χ1) is 29.4. The molecule has 7 unspecified atom stereocenters. The molecule has 5 aliphatic carbocycles. The molecule has 0 radical (unpaired) electrons. The summed E-state index contributed by atoms with van der Waals surface area (Å²) in [5.41, 5.74) is -0.270. The number of ether oxygens (including phenoxy) is 6. The Labute approximate surface area is 371 Å². The van der Waals surface area contributed by atoms with Crippen LogP contribution in [0.1, 0.15) is 120 Å². The van der Waals surface area contributed by atoms with E-state index in [2.05, 4.69) is 54.5 Å². The molecule has 7 fully saturated rings. The predicted octanol–water partition coefficient (Wildman–Crippen LogP) is 1.81. The van der Waals surface area contributed by atoms with Gasteiger partial charge in [0.15, 0.2) is 12.6 Å². The number of fused-ring (bicyclic) bond motifs is 7. The molecule has 4 saturated carbocycles. The van der Waals surface area contributed by atoms with E-state index in [4.69, 9.17) is 28.4 Å². The van der Waals surface area contributed by atoms with Crippen molar-refractivity contribution in [2.75, 3.05) is 13.2 Å². The second kappa shape index (κ2) is 16.7. The van der Waals surface area contributed by atoms with Crippen LogP contribution in [0.3, 0.4) is 0 Å². The smallest absolute Gasteiger partial charge is 0.315 e. The highest BCUT2D eigenvalue weighted by molar-refractivity contribution is 5.79. The number of aliphatic hydroxyl groups excluding tert-OH is 9. The normalized spacial score (nSPS) is 54.1. The lowest BCUT2D eigenvalue weighted by molar-refractivity contribution is -0.367. The highest BCUT2D eigenvalue weighted by Gasteiger charge is 2.70. The van der Waals surface area contributed by atoms with Gasteiger partial charge in [-0.25, -0.2) is 0 Å².